The van der Waals surface area contributed by atoms with E-state index in [-0.39, 0.29) is 17.2 Å². The van der Waals surface area contributed by atoms with Crippen molar-refractivity contribution in [3.05, 3.63) is 35.7 Å². The summed E-state index contributed by atoms with van der Waals surface area (Å²) in [5.74, 6) is 0.618. The predicted octanol–water partition coefficient (Wildman–Crippen LogP) is 1.23. The van der Waals surface area contributed by atoms with Gasteiger partial charge in [-0.25, -0.2) is 4.99 Å². The van der Waals surface area contributed by atoms with Crippen molar-refractivity contribution in [2.24, 2.45) is 16.5 Å². The van der Waals surface area contributed by atoms with Crippen LogP contribution in [0.3, 0.4) is 0 Å². The van der Waals surface area contributed by atoms with Gasteiger partial charge >= 0.3 is 6.61 Å². The van der Waals surface area contributed by atoms with E-state index in [1.54, 1.807) is 13.1 Å². The molecule has 1 aliphatic rings. The number of benzene rings is 1. The quantitative estimate of drug-likeness (QED) is 0.777. The lowest BCUT2D eigenvalue weighted by Gasteiger charge is -2.30. The van der Waals surface area contributed by atoms with Gasteiger partial charge in [0, 0.05) is 11.8 Å². The number of methoxy groups -OCH3 is 1. The van der Waals surface area contributed by atoms with Crippen molar-refractivity contribution in [3.8, 4) is 11.5 Å². The highest BCUT2D eigenvalue weighted by Gasteiger charge is 2.33. The number of ether oxygens (including phenoxy) is 2. The molecule has 1 aliphatic heterocycles. The van der Waals surface area contributed by atoms with Crippen LogP contribution < -0.4 is 26.3 Å². The van der Waals surface area contributed by atoms with E-state index >= 15 is 0 Å². The van der Waals surface area contributed by atoms with Gasteiger partial charge in [0.15, 0.2) is 17.2 Å². The van der Waals surface area contributed by atoms with E-state index in [0.717, 1.165) is 0 Å². The molecule has 0 aromatic heterocycles. The van der Waals surface area contributed by atoms with E-state index < -0.39 is 12.3 Å². The fraction of sp³-hybridized carbons (Fsp3) is 0.308. The highest BCUT2D eigenvalue weighted by atomic mass is 19.3. The molecule has 5 N–H and O–H groups in total. The normalized spacial score (nSPS) is 21.4. The Labute approximate surface area is 120 Å². The van der Waals surface area contributed by atoms with Crippen molar-refractivity contribution in [3.63, 3.8) is 0 Å². The number of nitrogens with one attached hydrogen (secondary N) is 1. The first-order chi connectivity index (χ1) is 9.86. The van der Waals surface area contributed by atoms with Crippen LogP contribution in [0, 0.1) is 0 Å². The topological polar surface area (TPSA) is 94.9 Å². The van der Waals surface area contributed by atoms with Crippen LogP contribution in [-0.2, 0) is 5.66 Å². The smallest absolute Gasteiger partial charge is 0.387 e. The van der Waals surface area contributed by atoms with Gasteiger partial charge in [-0.2, -0.15) is 8.78 Å². The van der Waals surface area contributed by atoms with E-state index in [4.69, 9.17) is 16.2 Å². The molecule has 0 radical (unpaired) electrons. The SMILES string of the molecule is COc1cc(C2(N)N=C(C)NC=C2N)ccc1OC(F)F. The molecule has 21 heavy (non-hydrogen) atoms. The second-order valence-electron chi connectivity index (χ2n) is 4.45. The average molecular weight is 298 g/mol. The molecule has 0 bridgehead atoms. The van der Waals surface area contributed by atoms with Crippen LogP contribution in [0.5, 0.6) is 11.5 Å². The number of hydrogen-bond donors (Lipinski definition) is 3. The summed E-state index contributed by atoms with van der Waals surface area (Å²) in [4.78, 5) is 4.28. The fourth-order valence-electron chi connectivity index (χ4n) is 1.98. The van der Waals surface area contributed by atoms with Crippen molar-refractivity contribution in [1.82, 2.24) is 5.32 Å². The van der Waals surface area contributed by atoms with Gasteiger partial charge in [-0.05, 0) is 19.1 Å². The molecule has 0 saturated heterocycles. The highest BCUT2D eigenvalue weighted by Crippen LogP contribution is 2.35. The number of rotatable bonds is 4. The third kappa shape index (κ3) is 2.89. The molecule has 0 amide bonds. The molecule has 6 nitrogen and oxygen atoms in total. The van der Waals surface area contributed by atoms with Gasteiger partial charge in [-0.1, -0.05) is 6.07 Å². The summed E-state index contributed by atoms with van der Waals surface area (Å²) in [5.41, 5.74) is 11.6. The number of hydrogen-bond acceptors (Lipinski definition) is 6. The van der Waals surface area contributed by atoms with Crippen LogP contribution in [0.2, 0.25) is 0 Å². The van der Waals surface area contributed by atoms with Crippen LogP contribution in [0.1, 0.15) is 12.5 Å². The third-order valence-corrected chi connectivity index (χ3v) is 3.04. The Morgan fingerprint density at radius 1 is 1.33 bits per heavy atom. The molecule has 1 aromatic rings. The summed E-state index contributed by atoms with van der Waals surface area (Å²) >= 11 is 0. The van der Waals surface area contributed by atoms with E-state index in [2.05, 4.69) is 15.0 Å². The molecule has 2 rings (SSSR count). The average Bonchev–Trinajstić information content (AvgIpc) is 2.43. The first-order valence-electron chi connectivity index (χ1n) is 6.08. The van der Waals surface area contributed by atoms with Gasteiger partial charge in [0.05, 0.1) is 12.8 Å². The zero-order valence-electron chi connectivity index (χ0n) is 11.6. The predicted molar refractivity (Wildman–Crippen MR) is 74.0 cm³/mol. The highest BCUT2D eigenvalue weighted by molar-refractivity contribution is 5.82. The summed E-state index contributed by atoms with van der Waals surface area (Å²) < 4.78 is 34.1. The summed E-state index contributed by atoms with van der Waals surface area (Å²) in [7, 11) is 1.34. The van der Waals surface area contributed by atoms with Gasteiger partial charge in [0.2, 0.25) is 0 Å². The van der Waals surface area contributed by atoms with Gasteiger partial charge in [0.1, 0.15) is 5.84 Å². The lowest BCUT2D eigenvalue weighted by Crippen LogP contribution is -2.45. The molecule has 1 unspecified atom stereocenters. The Bertz CT molecular complexity index is 604. The molecule has 1 aromatic carbocycles. The van der Waals surface area contributed by atoms with Crippen molar-refractivity contribution in [2.45, 2.75) is 19.2 Å². The molecule has 114 valence electrons. The maximum Gasteiger partial charge on any atom is 0.387 e. The van der Waals surface area contributed by atoms with Crippen LogP contribution in [0.15, 0.2) is 35.1 Å². The first kappa shape index (κ1) is 15.0. The Morgan fingerprint density at radius 3 is 2.67 bits per heavy atom. The maximum atomic E-state index is 12.3. The molecule has 8 heteroatoms. The van der Waals surface area contributed by atoms with Crippen LogP contribution in [0.4, 0.5) is 8.78 Å². The van der Waals surface area contributed by atoms with Crippen molar-refractivity contribution in [1.29, 1.82) is 0 Å². The summed E-state index contributed by atoms with van der Waals surface area (Å²) in [5, 5.41) is 2.85. The Hall–Kier alpha value is -2.35. The number of nitrogens with two attached hydrogens (primary N) is 2. The van der Waals surface area contributed by atoms with Gasteiger partial charge in [0.25, 0.3) is 0 Å². The molecule has 0 fully saturated rings. The number of halogens is 2. The summed E-state index contributed by atoms with van der Waals surface area (Å²) in [6.07, 6.45) is 1.54. The minimum atomic E-state index is -2.94. The molecular weight excluding hydrogens is 282 g/mol. The molecular formula is C13H16F2N4O2. The van der Waals surface area contributed by atoms with Gasteiger partial charge < -0.3 is 20.5 Å². The van der Waals surface area contributed by atoms with Crippen molar-refractivity contribution >= 4 is 5.84 Å². The Balaban J connectivity index is 2.45. The third-order valence-electron chi connectivity index (χ3n) is 3.04. The van der Waals surface area contributed by atoms with E-state index in [1.165, 1.54) is 25.3 Å². The van der Waals surface area contributed by atoms with Crippen LogP contribution in [0.25, 0.3) is 0 Å². The van der Waals surface area contributed by atoms with E-state index in [9.17, 15) is 8.78 Å². The Morgan fingerprint density at radius 2 is 2.05 bits per heavy atom. The lowest BCUT2D eigenvalue weighted by atomic mass is 9.96. The second kappa shape index (κ2) is 5.57. The minimum Gasteiger partial charge on any atom is -0.493 e. The molecule has 1 atom stereocenters. The number of alkyl halides is 2. The standard InChI is InChI=1S/C13H16F2N4O2/c1-7-18-6-11(16)13(17,19-7)8-3-4-9(21-12(14)15)10(5-8)20-2/h3-6,12H,16-17H2,1-2H3,(H,18,19). The Kier molecular flexibility index (Phi) is 3.99. The van der Waals surface area contributed by atoms with Crippen LogP contribution in [-0.4, -0.2) is 19.6 Å². The van der Waals surface area contributed by atoms with Gasteiger partial charge in [-0.3, -0.25) is 5.73 Å². The van der Waals surface area contributed by atoms with Crippen LogP contribution >= 0.6 is 0 Å². The number of nitrogens with zero attached hydrogens (tertiary/aromatic N) is 1. The molecule has 0 saturated carbocycles. The maximum absolute atomic E-state index is 12.3. The van der Waals surface area contributed by atoms with Crippen molar-refractivity contribution < 1.29 is 18.3 Å². The largest absolute Gasteiger partial charge is 0.493 e. The minimum absolute atomic E-state index is 0.0861. The number of aliphatic imine (C=N–C) groups is 1. The van der Waals surface area contributed by atoms with Gasteiger partial charge in [-0.15, -0.1) is 0 Å². The zero-order valence-corrected chi connectivity index (χ0v) is 11.6. The van der Waals surface area contributed by atoms with Crippen molar-refractivity contribution in [2.75, 3.05) is 7.11 Å². The molecule has 0 aliphatic carbocycles. The second-order valence-corrected chi connectivity index (χ2v) is 4.45. The number of amidine groups is 1. The lowest BCUT2D eigenvalue weighted by molar-refractivity contribution is -0.0512. The zero-order chi connectivity index (χ0) is 15.6. The van der Waals surface area contributed by atoms with E-state index in [0.29, 0.717) is 11.4 Å². The van der Waals surface area contributed by atoms with E-state index in [1.807, 2.05) is 0 Å². The summed E-state index contributed by atoms with van der Waals surface area (Å²) in [6, 6.07) is 4.33. The molecule has 1 heterocycles. The molecule has 0 spiro atoms. The fourth-order valence-corrected chi connectivity index (χ4v) is 1.98. The first-order valence-corrected chi connectivity index (χ1v) is 6.08. The summed E-state index contributed by atoms with van der Waals surface area (Å²) in [6.45, 7) is -1.21. The monoisotopic (exact) mass is 298 g/mol.